The summed E-state index contributed by atoms with van der Waals surface area (Å²) < 4.78 is 2.13. The zero-order chi connectivity index (χ0) is 14.7. The number of nitrogens with zero attached hydrogens (tertiary/aromatic N) is 3. The van der Waals surface area contributed by atoms with E-state index in [0.717, 1.165) is 0 Å². The third-order valence-corrected chi connectivity index (χ3v) is 3.30. The van der Waals surface area contributed by atoms with Crippen LogP contribution in [0.3, 0.4) is 0 Å². The summed E-state index contributed by atoms with van der Waals surface area (Å²) in [5, 5.41) is 17.5. The monoisotopic (exact) mass is 338 g/mol. The van der Waals surface area contributed by atoms with E-state index in [2.05, 4.69) is 26.3 Å². The first-order valence-electron chi connectivity index (χ1n) is 5.68. The van der Waals surface area contributed by atoms with E-state index in [-0.39, 0.29) is 17.8 Å². The van der Waals surface area contributed by atoms with Gasteiger partial charge >= 0.3 is 0 Å². The molecule has 1 N–H and O–H groups in total. The van der Waals surface area contributed by atoms with E-state index >= 15 is 0 Å². The SMILES string of the molecule is Cn1ccc(CNC(=O)c2cc([N+](=O)[O-])ccc2Br)n1. The van der Waals surface area contributed by atoms with Crippen LogP contribution in [0, 0.1) is 10.1 Å². The third-order valence-electron chi connectivity index (χ3n) is 2.60. The van der Waals surface area contributed by atoms with Crippen LogP contribution in [-0.2, 0) is 13.6 Å². The average Bonchev–Trinajstić information content (AvgIpc) is 2.82. The number of carbonyl (C=O) groups excluding carboxylic acids is 1. The topological polar surface area (TPSA) is 90.1 Å². The van der Waals surface area contributed by atoms with Crippen molar-refractivity contribution < 1.29 is 9.72 Å². The second-order valence-corrected chi connectivity index (χ2v) is 4.94. The number of rotatable bonds is 4. The zero-order valence-electron chi connectivity index (χ0n) is 10.5. The lowest BCUT2D eigenvalue weighted by atomic mass is 10.2. The Bertz CT molecular complexity index is 668. The fraction of sp³-hybridized carbons (Fsp3) is 0.167. The van der Waals surface area contributed by atoms with Gasteiger partial charge in [0.15, 0.2) is 0 Å². The van der Waals surface area contributed by atoms with Crippen LogP contribution < -0.4 is 5.32 Å². The molecule has 8 heteroatoms. The largest absolute Gasteiger partial charge is 0.346 e. The Morgan fingerprint density at radius 2 is 2.25 bits per heavy atom. The maximum Gasteiger partial charge on any atom is 0.270 e. The van der Waals surface area contributed by atoms with E-state index in [4.69, 9.17) is 0 Å². The molecular formula is C12H11BrN4O3. The fourth-order valence-corrected chi connectivity index (χ4v) is 2.05. The van der Waals surface area contributed by atoms with Gasteiger partial charge in [0.2, 0.25) is 0 Å². The molecule has 0 aliphatic rings. The Kier molecular flexibility index (Phi) is 4.14. The van der Waals surface area contributed by atoms with Gasteiger partial charge in [0.25, 0.3) is 11.6 Å². The predicted molar refractivity (Wildman–Crippen MR) is 75.2 cm³/mol. The Balaban J connectivity index is 2.12. The number of non-ortho nitro benzene ring substituents is 1. The number of hydrogen-bond acceptors (Lipinski definition) is 4. The van der Waals surface area contributed by atoms with Crippen LogP contribution in [-0.4, -0.2) is 20.6 Å². The first-order valence-corrected chi connectivity index (χ1v) is 6.47. The van der Waals surface area contributed by atoms with Gasteiger partial charge in [-0.15, -0.1) is 0 Å². The lowest BCUT2D eigenvalue weighted by Crippen LogP contribution is -2.23. The molecule has 104 valence electrons. The number of nitro groups is 1. The molecule has 1 amide bonds. The number of halogens is 1. The molecule has 1 heterocycles. The van der Waals surface area contributed by atoms with Crippen LogP contribution >= 0.6 is 15.9 Å². The van der Waals surface area contributed by atoms with E-state index in [1.165, 1.54) is 18.2 Å². The van der Waals surface area contributed by atoms with Crippen molar-refractivity contribution in [1.82, 2.24) is 15.1 Å². The molecule has 0 saturated heterocycles. The Morgan fingerprint density at radius 1 is 1.50 bits per heavy atom. The summed E-state index contributed by atoms with van der Waals surface area (Å²) in [5.41, 5.74) is 0.800. The lowest BCUT2D eigenvalue weighted by molar-refractivity contribution is -0.384. The minimum atomic E-state index is -0.540. The van der Waals surface area contributed by atoms with Crippen molar-refractivity contribution in [3.8, 4) is 0 Å². The fourth-order valence-electron chi connectivity index (χ4n) is 1.62. The second-order valence-electron chi connectivity index (χ2n) is 4.08. The van der Waals surface area contributed by atoms with Gasteiger partial charge < -0.3 is 5.32 Å². The number of hydrogen-bond donors (Lipinski definition) is 1. The first kappa shape index (κ1) is 14.2. The molecule has 0 aliphatic carbocycles. The van der Waals surface area contributed by atoms with Gasteiger partial charge in [-0.25, -0.2) is 0 Å². The Labute approximate surface area is 122 Å². The lowest BCUT2D eigenvalue weighted by Gasteiger charge is -2.05. The van der Waals surface area contributed by atoms with Crippen molar-refractivity contribution in [2.75, 3.05) is 0 Å². The summed E-state index contributed by atoms with van der Waals surface area (Å²) in [6.45, 7) is 0.259. The highest BCUT2D eigenvalue weighted by Crippen LogP contribution is 2.22. The number of carbonyl (C=O) groups is 1. The summed E-state index contributed by atoms with van der Waals surface area (Å²) in [5.74, 6) is -0.397. The van der Waals surface area contributed by atoms with Crippen molar-refractivity contribution in [3.63, 3.8) is 0 Å². The van der Waals surface area contributed by atoms with Gasteiger partial charge in [-0.2, -0.15) is 5.10 Å². The Hall–Kier alpha value is -2.22. The van der Waals surface area contributed by atoms with Crippen LogP contribution in [0.4, 0.5) is 5.69 Å². The minimum Gasteiger partial charge on any atom is -0.346 e. The van der Waals surface area contributed by atoms with Crippen LogP contribution in [0.25, 0.3) is 0 Å². The van der Waals surface area contributed by atoms with Gasteiger partial charge in [-0.3, -0.25) is 19.6 Å². The van der Waals surface area contributed by atoms with E-state index < -0.39 is 10.8 Å². The molecule has 0 saturated carbocycles. The summed E-state index contributed by atoms with van der Waals surface area (Å²) in [7, 11) is 1.78. The number of aromatic nitrogens is 2. The molecule has 1 aromatic carbocycles. The normalized spacial score (nSPS) is 10.3. The van der Waals surface area contributed by atoms with Gasteiger partial charge in [0.1, 0.15) is 0 Å². The first-order chi connectivity index (χ1) is 9.47. The number of benzene rings is 1. The summed E-state index contributed by atoms with van der Waals surface area (Å²) in [4.78, 5) is 22.2. The van der Waals surface area contributed by atoms with E-state index in [9.17, 15) is 14.9 Å². The quantitative estimate of drug-likeness (QED) is 0.682. The zero-order valence-corrected chi connectivity index (χ0v) is 12.1. The van der Waals surface area contributed by atoms with Crippen LogP contribution in [0.1, 0.15) is 16.1 Å². The molecule has 2 rings (SSSR count). The molecule has 20 heavy (non-hydrogen) atoms. The van der Waals surface area contributed by atoms with Gasteiger partial charge in [0, 0.05) is 29.8 Å². The molecule has 0 fully saturated rings. The van der Waals surface area contributed by atoms with Crippen molar-refractivity contribution >= 4 is 27.5 Å². The standard InChI is InChI=1S/C12H11BrN4O3/c1-16-5-4-8(15-16)7-14-12(18)10-6-9(17(19)20)2-3-11(10)13/h2-6H,7H2,1H3,(H,14,18). The average molecular weight is 339 g/mol. The second kappa shape index (κ2) is 5.83. The molecule has 0 aliphatic heterocycles. The van der Waals surface area contributed by atoms with Gasteiger partial charge in [-0.1, -0.05) is 0 Å². The van der Waals surface area contributed by atoms with E-state index in [1.54, 1.807) is 24.0 Å². The smallest absolute Gasteiger partial charge is 0.270 e. The molecule has 0 atom stereocenters. The van der Waals surface area contributed by atoms with Gasteiger partial charge in [-0.05, 0) is 28.1 Å². The van der Waals surface area contributed by atoms with Crippen molar-refractivity contribution in [1.29, 1.82) is 0 Å². The number of aryl methyl sites for hydroxylation is 1. The van der Waals surface area contributed by atoms with E-state index in [1.807, 2.05) is 0 Å². The Morgan fingerprint density at radius 3 is 2.85 bits per heavy atom. The highest BCUT2D eigenvalue weighted by molar-refractivity contribution is 9.10. The summed E-state index contributed by atoms with van der Waals surface area (Å²) >= 11 is 3.21. The maximum atomic E-state index is 12.0. The maximum absolute atomic E-state index is 12.0. The molecule has 7 nitrogen and oxygen atoms in total. The van der Waals surface area contributed by atoms with Crippen LogP contribution in [0.15, 0.2) is 34.9 Å². The summed E-state index contributed by atoms with van der Waals surface area (Å²) in [6.07, 6.45) is 1.77. The van der Waals surface area contributed by atoms with Gasteiger partial charge in [0.05, 0.1) is 22.7 Å². The molecule has 0 unspecified atom stereocenters. The minimum absolute atomic E-state index is 0.129. The van der Waals surface area contributed by atoms with Crippen LogP contribution in [0.5, 0.6) is 0 Å². The number of nitro benzene ring substituents is 1. The number of amides is 1. The van der Waals surface area contributed by atoms with Crippen molar-refractivity contribution in [2.24, 2.45) is 7.05 Å². The molecule has 0 radical (unpaired) electrons. The predicted octanol–water partition coefficient (Wildman–Crippen LogP) is 2.02. The van der Waals surface area contributed by atoms with Crippen LogP contribution in [0.2, 0.25) is 0 Å². The third kappa shape index (κ3) is 3.21. The molecule has 1 aromatic heterocycles. The molecule has 0 spiro atoms. The van der Waals surface area contributed by atoms with E-state index in [0.29, 0.717) is 10.2 Å². The molecule has 0 bridgehead atoms. The van der Waals surface area contributed by atoms with Crippen molar-refractivity contribution in [2.45, 2.75) is 6.54 Å². The highest BCUT2D eigenvalue weighted by Gasteiger charge is 2.15. The molecular weight excluding hydrogens is 328 g/mol. The van der Waals surface area contributed by atoms with Crippen molar-refractivity contribution in [3.05, 3.63) is 56.3 Å². The highest BCUT2D eigenvalue weighted by atomic mass is 79.9. The molecule has 2 aromatic rings. The number of nitrogens with one attached hydrogen (secondary N) is 1. The summed E-state index contributed by atoms with van der Waals surface area (Å²) in [6, 6.07) is 5.83.